The molecule has 0 amide bonds. The van der Waals surface area contributed by atoms with Crippen molar-refractivity contribution in [3.63, 3.8) is 0 Å². The smallest absolute Gasteiger partial charge is 0.240 e. The van der Waals surface area contributed by atoms with Crippen molar-refractivity contribution in [1.82, 2.24) is 4.72 Å². The van der Waals surface area contributed by atoms with Crippen LogP contribution in [0.4, 0.5) is 0 Å². The number of rotatable bonds is 5. The van der Waals surface area contributed by atoms with Gasteiger partial charge in [0.2, 0.25) is 16.8 Å². The van der Waals surface area contributed by atoms with E-state index in [0.29, 0.717) is 23.5 Å². The number of benzene rings is 2. The Morgan fingerprint density at radius 3 is 2.68 bits per heavy atom. The summed E-state index contributed by atoms with van der Waals surface area (Å²) in [4.78, 5) is 0.119. The molecule has 22 heavy (non-hydrogen) atoms. The van der Waals surface area contributed by atoms with Crippen LogP contribution in [0.25, 0.3) is 0 Å². The molecule has 0 fully saturated rings. The Kier molecular flexibility index (Phi) is 3.91. The fourth-order valence-corrected chi connectivity index (χ4v) is 3.22. The Morgan fingerprint density at radius 1 is 1.09 bits per heavy atom. The molecule has 0 atom stereocenters. The fraction of sp³-hybridized carbons (Fsp3) is 0.200. The topological polar surface area (TPSA) is 84.9 Å². The Morgan fingerprint density at radius 2 is 1.86 bits per heavy atom. The van der Waals surface area contributed by atoms with E-state index in [2.05, 4.69) is 4.72 Å². The molecule has 0 spiro atoms. The first-order chi connectivity index (χ1) is 10.6. The van der Waals surface area contributed by atoms with Crippen molar-refractivity contribution >= 4 is 10.0 Å². The lowest BCUT2D eigenvalue weighted by Crippen LogP contribution is -2.26. The van der Waals surface area contributed by atoms with Crippen LogP contribution in [0, 0.1) is 0 Å². The third-order valence-corrected chi connectivity index (χ3v) is 4.79. The van der Waals surface area contributed by atoms with E-state index >= 15 is 0 Å². The van der Waals surface area contributed by atoms with Crippen molar-refractivity contribution in [1.29, 1.82) is 0 Å². The molecule has 0 aliphatic carbocycles. The van der Waals surface area contributed by atoms with Gasteiger partial charge in [-0.15, -0.1) is 0 Å². The van der Waals surface area contributed by atoms with Gasteiger partial charge in [0.1, 0.15) is 5.75 Å². The molecule has 2 N–H and O–H groups in total. The second-order valence-corrected chi connectivity index (χ2v) is 6.56. The minimum atomic E-state index is -3.63. The maximum atomic E-state index is 12.2. The van der Waals surface area contributed by atoms with Crippen molar-refractivity contribution in [3.8, 4) is 17.2 Å². The normalized spacial score (nSPS) is 13.3. The fourth-order valence-electron chi connectivity index (χ4n) is 2.17. The molecule has 1 heterocycles. The monoisotopic (exact) mass is 321 g/mol. The molecule has 0 bridgehead atoms. The minimum absolute atomic E-state index is 0.0968. The molecule has 116 valence electrons. The van der Waals surface area contributed by atoms with Gasteiger partial charge in [-0.2, -0.15) is 0 Å². The van der Waals surface area contributed by atoms with Gasteiger partial charge in [-0.05, 0) is 30.2 Å². The summed E-state index contributed by atoms with van der Waals surface area (Å²) in [6.45, 7) is 0.286. The van der Waals surface area contributed by atoms with E-state index in [-0.39, 0.29) is 24.0 Å². The average Bonchev–Trinajstić information content (AvgIpc) is 2.96. The molecule has 1 aliphatic heterocycles. The Hall–Kier alpha value is -2.25. The molecule has 0 unspecified atom stereocenters. The Bertz CT molecular complexity index is 788. The molecular weight excluding hydrogens is 306 g/mol. The van der Waals surface area contributed by atoms with Crippen LogP contribution in [-0.2, 0) is 16.4 Å². The maximum absolute atomic E-state index is 12.2. The predicted octanol–water partition coefficient (Wildman–Crippen LogP) is 1.64. The molecule has 0 radical (unpaired) electrons. The van der Waals surface area contributed by atoms with Crippen LogP contribution in [0.5, 0.6) is 17.2 Å². The minimum Gasteiger partial charge on any atom is -0.508 e. The molecular formula is C15H15NO5S. The number of phenolic OH excluding ortho intramolecular Hbond substituents is 1. The van der Waals surface area contributed by atoms with Gasteiger partial charge in [0.25, 0.3) is 0 Å². The summed E-state index contributed by atoms with van der Waals surface area (Å²) < 4.78 is 37.3. The van der Waals surface area contributed by atoms with Gasteiger partial charge in [-0.3, -0.25) is 0 Å². The summed E-state index contributed by atoms with van der Waals surface area (Å²) in [5.41, 5.74) is 0.691. The van der Waals surface area contributed by atoms with Gasteiger partial charge in [0.15, 0.2) is 11.5 Å². The van der Waals surface area contributed by atoms with Gasteiger partial charge in [0, 0.05) is 12.6 Å². The average molecular weight is 321 g/mol. The number of nitrogens with one attached hydrogen (secondary N) is 1. The van der Waals surface area contributed by atoms with Crippen molar-refractivity contribution < 1.29 is 23.0 Å². The highest BCUT2D eigenvalue weighted by Gasteiger charge is 2.19. The van der Waals surface area contributed by atoms with Crippen LogP contribution in [0.15, 0.2) is 47.4 Å². The van der Waals surface area contributed by atoms with Crippen LogP contribution in [0.3, 0.4) is 0 Å². The number of hydrogen-bond donors (Lipinski definition) is 2. The van der Waals surface area contributed by atoms with Crippen LogP contribution < -0.4 is 14.2 Å². The Balaban J connectivity index is 1.68. The molecule has 7 heteroatoms. The second-order valence-electron chi connectivity index (χ2n) is 4.79. The molecule has 1 aliphatic rings. The van der Waals surface area contributed by atoms with Crippen LogP contribution in [0.2, 0.25) is 0 Å². The molecule has 3 rings (SSSR count). The van der Waals surface area contributed by atoms with Gasteiger partial charge < -0.3 is 14.6 Å². The lowest BCUT2D eigenvalue weighted by Gasteiger charge is -2.08. The summed E-state index contributed by atoms with van der Waals surface area (Å²) in [6, 6.07) is 11.3. The molecule has 6 nitrogen and oxygen atoms in total. The third-order valence-electron chi connectivity index (χ3n) is 3.33. The van der Waals surface area contributed by atoms with Gasteiger partial charge >= 0.3 is 0 Å². The van der Waals surface area contributed by atoms with Gasteiger partial charge in [-0.25, -0.2) is 13.1 Å². The number of ether oxygens (including phenoxy) is 2. The molecule has 0 saturated carbocycles. The number of aromatic hydroxyl groups is 1. The van der Waals surface area contributed by atoms with Crippen LogP contribution in [-0.4, -0.2) is 26.9 Å². The lowest BCUT2D eigenvalue weighted by molar-refractivity contribution is 0.174. The third kappa shape index (κ3) is 3.00. The standard InChI is InChI=1S/C15H15NO5S/c17-13-4-2-1-3-11(13)7-8-16-22(18,19)12-5-6-14-15(9-12)21-10-20-14/h1-6,9,16-17H,7-8,10H2. The highest BCUT2D eigenvalue weighted by atomic mass is 32.2. The Labute approximate surface area is 128 Å². The van der Waals surface area contributed by atoms with E-state index in [1.807, 2.05) is 0 Å². The van der Waals surface area contributed by atoms with E-state index in [4.69, 9.17) is 9.47 Å². The van der Waals surface area contributed by atoms with Gasteiger partial charge in [0.05, 0.1) is 4.90 Å². The number of fused-ring (bicyclic) bond motifs is 1. The summed E-state index contributed by atoms with van der Waals surface area (Å²) in [5, 5.41) is 9.66. The number of phenols is 1. The van der Waals surface area contributed by atoms with Crippen molar-refractivity contribution in [2.24, 2.45) is 0 Å². The summed E-state index contributed by atoms with van der Waals surface area (Å²) in [6.07, 6.45) is 0.399. The van der Waals surface area contributed by atoms with E-state index in [1.165, 1.54) is 12.1 Å². The molecule has 2 aromatic rings. The van der Waals surface area contributed by atoms with Gasteiger partial charge in [-0.1, -0.05) is 18.2 Å². The van der Waals surface area contributed by atoms with E-state index in [1.54, 1.807) is 30.3 Å². The highest BCUT2D eigenvalue weighted by molar-refractivity contribution is 7.89. The second kappa shape index (κ2) is 5.86. The molecule has 0 aromatic heterocycles. The van der Waals surface area contributed by atoms with E-state index in [0.717, 1.165) is 0 Å². The van der Waals surface area contributed by atoms with E-state index < -0.39 is 10.0 Å². The zero-order valence-corrected chi connectivity index (χ0v) is 12.5. The highest BCUT2D eigenvalue weighted by Crippen LogP contribution is 2.33. The molecule has 2 aromatic carbocycles. The zero-order valence-electron chi connectivity index (χ0n) is 11.7. The first-order valence-corrected chi connectivity index (χ1v) is 8.21. The number of para-hydroxylation sites is 1. The first-order valence-electron chi connectivity index (χ1n) is 6.72. The predicted molar refractivity (Wildman–Crippen MR) is 79.6 cm³/mol. The van der Waals surface area contributed by atoms with Crippen LogP contribution in [0.1, 0.15) is 5.56 Å². The SMILES string of the molecule is O=S(=O)(NCCc1ccccc1O)c1ccc2c(c1)OCO2. The van der Waals surface area contributed by atoms with E-state index in [9.17, 15) is 13.5 Å². The summed E-state index contributed by atoms with van der Waals surface area (Å²) >= 11 is 0. The maximum Gasteiger partial charge on any atom is 0.240 e. The summed E-state index contributed by atoms with van der Waals surface area (Å²) in [7, 11) is -3.63. The zero-order chi connectivity index (χ0) is 15.6. The number of hydrogen-bond acceptors (Lipinski definition) is 5. The lowest BCUT2D eigenvalue weighted by atomic mass is 10.1. The van der Waals surface area contributed by atoms with Crippen LogP contribution >= 0.6 is 0 Å². The molecule has 0 saturated heterocycles. The summed E-state index contributed by atoms with van der Waals surface area (Å²) in [5.74, 6) is 1.11. The van der Waals surface area contributed by atoms with Crippen molar-refractivity contribution in [2.45, 2.75) is 11.3 Å². The quantitative estimate of drug-likeness (QED) is 0.874. The van der Waals surface area contributed by atoms with Crippen molar-refractivity contribution in [2.75, 3.05) is 13.3 Å². The largest absolute Gasteiger partial charge is 0.508 e. The van der Waals surface area contributed by atoms with Crippen molar-refractivity contribution in [3.05, 3.63) is 48.0 Å². The number of sulfonamides is 1. The first kappa shape index (κ1) is 14.7.